The fourth-order valence-electron chi connectivity index (χ4n) is 12.7. The van der Waals surface area contributed by atoms with Crippen molar-refractivity contribution in [3.05, 3.63) is 179 Å². The Morgan fingerprint density at radius 1 is 0.427 bits per heavy atom. The molecule has 0 atom stereocenters. The molecule has 4 nitrogen and oxygen atoms in total. The summed E-state index contributed by atoms with van der Waals surface area (Å²) in [7, 11) is 0. The van der Waals surface area contributed by atoms with E-state index in [-0.39, 0.29) is 39.2 Å². The van der Waals surface area contributed by atoms with Crippen molar-refractivity contribution in [2.45, 2.75) is 156 Å². The quantitative estimate of drug-likeness (QED) is 0.164. The standard InChI is InChI=1S/C70H76BN3O/c1-65(2,3)45-22-27-49(28-23-45)73-57-31-24-46(66(4,5)6)36-55(57)71-56-37-48(68(10,11)12)39-62-64(56)74(58-32-25-47(67(7,8)9)38-61(58)75-62)60-42-52(41-59(73)63(60)71)72(50-26-21-43-19-17-18-20-44(43)35-50)51-29-30-53-54(40-51)70(15,16)34-33-69(53,13)14/h17-32,35-42H,33-34H2,1-16H3. The third-order valence-electron chi connectivity index (χ3n) is 17.5. The van der Waals surface area contributed by atoms with E-state index in [1.807, 2.05) is 0 Å². The Balaban J connectivity index is 1.23. The van der Waals surface area contributed by atoms with E-state index in [1.165, 1.54) is 84.0 Å². The summed E-state index contributed by atoms with van der Waals surface area (Å²) in [4.78, 5) is 7.73. The number of fused-ring (bicyclic) bond motifs is 8. The van der Waals surface area contributed by atoms with Crippen LogP contribution in [0.5, 0.6) is 11.5 Å². The van der Waals surface area contributed by atoms with Crippen LogP contribution in [0, 0.1) is 0 Å². The van der Waals surface area contributed by atoms with Gasteiger partial charge in [-0.05, 0) is 179 Å². The van der Waals surface area contributed by atoms with E-state index in [1.54, 1.807) is 0 Å². The molecule has 0 N–H and O–H groups in total. The van der Waals surface area contributed by atoms with Crippen molar-refractivity contribution in [2.24, 2.45) is 0 Å². The van der Waals surface area contributed by atoms with Gasteiger partial charge in [-0.25, -0.2) is 0 Å². The zero-order valence-electron chi connectivity index (χ0n) is 47.6. The highest BCUT2D eigenvalue weighted by atomic mass is 16.5. The predicted molar refractivity (Wildman–Crippen MR) is 323 cm³/mol. The fourth-order valence-corrected chi connectivity index (χ4v) is 12.7. The molecule has 0 bridgehead atoms. The number of anilines is 9. The van der Waals surface area contributed by atoms with Crippen LogP contribution in [0.3, 0.4) is 0 Å². The number of hydrogen-bond acceptors (Lipinski definition) is 4. The largest absolute Gasteiger partial charge is 0.453 e. The van der Waals surface area contributed by atoms with Gasteiger partial charge >= 0.3 is 0 Å². The highest BCUT2D eigenvalue weighted by Crippen LogP contribution is 2.57. The van der Waals surface area contributed by atoms with Crippen LogP contribution in [0.2, 0.25) is 0 Å². The molecule has 75 heavy (non-hydrogen) atoms. The van der Waals surface area contributed by atoms with Crippen LogP contribution in [0.4, 0.5) is 51.2 Å². The molecule has 0 radical (unpaired) electrons. The van der Waals surface area contributed by atoms with E-state index in [0.717, 1.165) is 52.0 Å². The fraction of sp³-hybridized carbons (Fsp3) is 0.343. The summed E-state index contributed by atoms with van der Waals surface area (Å²) in [6, 6.07) is 56.8. The van der Waals surface area contributed by atoms with E-state index in [9.17, 15) is 0 Å². The van der Waals surface area contributed by atoms with Crippen LogP contribution in [-0.4, -0.2) is 6.71 Å². The lowest BCUT2D eigenvalue weighted by Crippen LogP contribution is -2.62. The minimum atomic E-state index is -0.134. The summed E-state index contributed by atoms with van der Waals surface area (Å²) in [5, 5.41) is 2.44. The van der Waals surface area contributed by atoms with Crippen molar-refractivity contribution in [1.82, 2.24) is 0 Å². The first-order valence-corrected chi connectivity index (χ1v) is 27.7. The summed E-state index contributed by atoms with van der Waals surface area (Å²) in [6.45, 7) is 37.5. The lowest BCUT2D eigenvalue weighted by atomic mass is 9.33. The monoisotopic (exact) mass is 986 g/mol. The van der Waals surface area contributed by atoms with Crippen molar-refractivity contribution in [2.75, 3.05) is 14.7 Å². The average molecular weight is 986 g/mol. The normalized spacial score (nSPS) is 16.1. The van der Waals surface area contributed by atoms with E-state index >= 15 is 0 Å². The molecule has 0 saturated heterocycles. The Hall–Kier alpha value is -6.72. The molecule has 4 aliphatic rings. The summed E-state index contributed by atoms with van der Waals surface area (Å²) in [6.07, 6.45) is 2.31. The minimum absolute atomic E-state index is 0.00585. The van der Waals surface area contributed by atoms with Gasteiger partial charge < -0.3 is 19.4 Å². The van der Waals surface area contributed by atoms with Gasteiger partial charge in [0, 0.05) is 34.1 Å². The van der Waals surface area contributed by atoms with Crippen molar-refractivity contribution in [3.63, 3.8) is 0 Å². The molecule has 3 aliphatic heterocycles. The molecule has 12 rings (SSSR count). The smallest absolute Gasteiger partial charge is 0.252 e. The Labute approximate surface area is 448 Å². The molecule has 0 spiro atoms. The number of ether oxygens (including phenoxy) is 1. The molecule has 380 valence electrons. The molecule has 0 unspecified atom stereocenters. The van der Waals surface area contributed by atoms with E-state index in [2.05, 4.69) is 271 Å². The van der Waals surface area contributed by atoms with Crippen molar-refractivity contribution in [3.8, 4) is 11.5 Å². The highest BCUT2D eigenvalue weighted by molar-refractivity contribution is 7.00. The first-order valence-electron chi connectivity index (χ1n) is 27.7. The molecule has 1 aliphatic carbocycles. The van der Waals surface area contributed by atoms with Gasteiger partial charge in [0.2, 0.25) is 0 Å². The Bertz CT molecular complexity index is 3640. The van der Waals surface area contributed by atoms with E-state index in [4.69, 9.17) is 4.74 Å². The van der Waals surface area contributed by atoms with Crippen LogP contribution < -0.4 is 35.8 Å². The SMILES string of the molecule is CC(C)(C)c1ccc(N2c3ccc(C(C)(C)C)cc3B3c4cc(C(C)(C)C)cc5c4N(c4ccc(C(C)(C)C)cc4O5)c4cc(N(c5ccc6c(c5)C(C)(C)CCC6(C)C)c5ccc6ccccc6c5)cc2c43)cc1. The molecule has 5 heteroatoms. The third kappa shape index (κ3) is 8.00. The van der Waals surface area contributed by atoms with Gasteiger partial charge in [0.15, 0.2) is 11.5 Å². The maximum Gasteiger partial charge on any atom is 0.252 e. The van der Waals surface area contributed by atoms with Gasteiger partial charge in [-0.3, -0.25) is 0 Å². The van der Waals surface area contributed by atoms with Gasteiger partial charge in [-0.15, -0.1) is 0 Å². The highest BCUT2D eigenvalue weighted by Gasteiger charge is 2.48. The van der Waals surface area contributed by atoms with E-state index in [0.29, 0.717) is 0 Å². The summed E-state index contributed by atoms with van der Waals surface area (Å²) in [5.41, 5.74) is 22.1. The molecule has 3 heterocycles. The lowest BCUT2D eigenvalue weighted by molar-refractivity contribution is 0.332. The molecule has 0 aromatic heterocycles. The van der Waals surface area contributed by atoms with Crippen LogP contribution in [0.15, 0.2) is 146 Å². The Morgan fingerprint density at radius 3 is 1.61 bits per heavy atom. The number of benzene rings is 8. The Morgan fingerprint density at radius 2 is 0.960 bits per heavy atom. The Kier molecular flexibility index (Phi) is 10.8. The van der Waals surface area contributed by atoms with Crippen LogP contribution in [-0.2, 0) is 32.5 Å². The second-order valence-electron chi connectivity index (χ2n) is 27.9. The summed E-state index contributed by atoms with van der Waals surface area (Å²) < 4.78 is 7.33. The number of hydrogen-bond donors (Lipinski definition) is 0. The van der Waals surface area contributed by atoms with E-state index < -0.39 is 0 Å². The summed E-state index contributed by atoms with van der Waals surface area (Å²) >= 11 is 0. The molecular formula is C70H76BN3O. The molecular weight excluding hydrogens is 910 g/mol. The first kappa shape index (κ1) is 49.2. The molecule has 0 amide bonds. The average Bonchev–Trinajstić information content (AvgIpc) is 3.38. The van der Waals surface area contributed by atoms with Crippen molar-refractivity contribution >= 4 is 85.1 Å². The zero-order valence-corrected chi connectivity index (χ0v) is 47.6. The van der Waals surface area contributed by atoms with Gasteiger partial charge in [-0.1, -0.05) is 184 Å². The predicted octanol–water partition coefficient (Wildman–Crippen LogP) is 18.0. The van der Waals surface area contributed by atoms with Crippen molar-refractivity contribution < 1.29 is 4.74 Å². The molecule has 8 aromatic carbocycles. The second kappa shape index (κ2) is 16.4. The van der Waals surface area contributed by atoms with Crippen LogP contribution >= 0.6 is 0 Å². The molecule has 0 saturated carbocycles. The number of rotatable bonds is 4. The van der Waals surface area contributed by atoms with Gasteiger partial charge in [0.25, 0.3) is 6.71 Å². The summed E-state index contributed by atoms with van der Waals surface area (Å²) in [5.74, 6) is 1.80. The maximum atomic E-state index is 7.33. The third-order valence-corrected chi connectivity index (χ3v) is 17.5. The minimum Gasteiger partial charge on any atom is -0.453 e. The van der Waals surface area contributed by atoms with Crippen LogP contribution in [0.25, 0.3) is 10.8 Å². The van der Waals surface area contributed by atoms with Gasteiger partial charge in [-0.2, -0.15) is 0 Å². The molecule has 8 aromatic rings. The van der Waals surface area contributed by atoms with Gasteiger partial charge in [0.05, 0.1) is 17.1 Å². The van der Waals surface area contributed by atoms with Gasteiger partial charge in [0.1, 0.15) is 0 Å². The maximum absolute atomic E-state index is 7.33. The zero-order chi connectivity index (χ0) is 53.1. The second-order valence-corrected chi connectivity index (χ2v) is 27.9. The topological polar surface area (TPSA) is 19.0 Å². The lowest BCUT2D eigenvalue weighted by Gasteiger charge is -2.47. The molecule has 0 fully saturated rings. The van der Waals surface area contributed by atoms with Crippen molar-refractivity contribution in [1.29, 1.82) is 0 Å². The number of nitrogens with zero attached hydrogens (tertiary/aromatic N) is 3. The first-order chi connectivity index (χ1) is 35.2. The van der Waals surface area contributed by atoms with Crippen LogP contribution in [0.1, 0.15) is 157 Å².